The van der Waals surface area contributed by atoms with E-state index in [0.717, 1.165) is 22.6 Å². The summed E-state index contributed by atoms with van der Waals surface area (Å²) in [5.74, 6) is 0.775. The Hall–Kier alpha value is -2.65. The highest BCUT2D eigenvalue weighted by atomic mass is 35.5. The number of hydrazone groups is 1. The molecule has 3 aromatic carbocycles. The van der Waals surface area contributed by atoms with Crippen molar-refractivity contribution >= 4 is 40.1 Å². The van der Waals surface area contributed by atoms with Crippen molar-refractivity contribution in [2.75, 3.05) is 0 Å². The molecule has 1 aliphatic heterocycles. The van der Waals surface area contributed by atoms with Gasteiger partial charge in [0, 0.05) is 16.0 Å². The molecule has 106 valence electrons. The van der Waals surface area contributed by atoms with Crippen molar-refractivity contribution in [3.05, 3.63) is 76.8 Å². The zero-order valence-electron chi connectivity index (χ0n) is 11.6. The Balaban J connectivity index is 1.61. The highest BCUT2D eigenvalue weighted by Crippen LogP contribution is 2.34. The molecule has 3 aromatic rings. The molecular weight excluding hydrogens is 294 g/mol. The summed E-state index contributed by atoms with van der Waals surface area (Å²) in [6.45, 7) is 0. The zero-order valence-corrected chi connectivity index (χ0v) is 12.4. The van der Waals surface area contributed by atoms with Crippen LogP contribution in [0.3, 0.4) is 0 Å². The smallest absolute Gasteiger partial charge is 0.154 e. The Bertz CT molecular complexity index is 906. The van der Waals surface area contributed by atoms with E-state index < -0.39 is 0 Å². The summed E-state index contributed by atoms with van der Waals surface area (Å²) < 4.78 is 0. The van der Waals surface area contributed by atoms with Gasteiger partial charge in [-0.3, -0.25) is 5.43 Å². The van der Waals surface area contributed by atoms with Crippen molar-refractivity contribution in [1.82, 2.24) is 5.43 Å². The second kappa shape index (κ2) is 5.28. The van der Waals surface area contributed by atoms with Crippen LogP contribution in [-0.2, 0) is 0 Å². The lowest BCUT2D eigenvalue weighted by Gasteiger charge is -2.02. The van der Waals surface area contributed by atoms with Gasteiger partial charge in [0.2, 0.25) is 0 Å². The van der Waals surface area contributed by atoms with Crippen LogP contribution in [-0.4, -0.2) is 12.1 Å². The molecule has 1 aliphatic rings. The average Bonchev–Trinajstić information content (AvgIpc) is 2.90. The summed E-state index contributed by atoms with van der Waals surface area (Å²) in [6.07, 6.45) is 1.75. The van der Waals surface area contributed by atoms with E-state index in [0.29, 0.717) is 5.02 Å². The van der Waals surface area contributed by atoms with Crippen molar-refractivity contribution in [3.63, 3.8) is 0 Å². The van der Waals surface area contributed by atoms with Gasteiger partial charge in [0.1, 0.15) is 0 Å². The van der Waals surface area contributed by atoms with Gasteiger partial charge < -0.3 is 0 Å². The molecule has 1 heterocycles. The molecule has 22 heavy (non-hydrogen) atoms. The molecule has 0 fully saturated rings. The molecule has 0 saturated heterocycles. The van der Waals surface area contributed by atoms with Crippen LogP contribution in [0.1, 0.15) is 11.1 Å². The van der Waals surface area contributed by atoms with E-state index in [9.17, 15) is 0 Å². The predicted molar refractivity (Wildman–Crippen MR) is 92.3 cm³/mol. The topological polar surface area (TPSA) is 36.8 Å². The van der Waals surface area contributed by atoms with Gasteiger partial charge in [-0.25, -0.2) is 4.99 Å². The monoisotopic (exact) mass is 305 g/mol. The lowest BCUT2D eigenvalue weighted by molar-refractivity contribution is 1.04. The molecule has 3 nitrogen and oxygen atoms in total. The predicted octanol–water partition coefficient (Wildman–Crippen LogP) is 4.51. The minimum absolute atomic E-state index is 0.715. The number of rotatable bonds is 2. The molecule has 0 atom stereocenters. The Morgan fingerprint density at radius 2 is 1.73 bits per heavy atom. The van der Waals surface area contributed by atoms with Crippen LogP contribution in [0.4, 0.5) is 5.69 Å². The Morgan fingerprint density at radius 3 is 2.55 bits per heavy atom. The number of nitrogens with zero attached hydrogens (tertiary/aromatic N) is 2. The third kappa shape index (κ3) is 2.26. The van der Waals surface area contributed by atoms with Gasteiger partial charge in [0.25, 0.3) is 0 Å². The van der Waals surface area contributed by atoms with Gasteiger partial charge in [0.15, 0.2) is 5.84 Å². The number of hydrogen-bond acceptors (Lipinski definition) is 3. The molecule has 0 aliphatic carbocycles. The summed E-state index contributed by atoms with van der Waals surface area (Å²) in [4.78, 5) is 4.61. The first-order chi connectivity index (χ1) is 10.8. The van der Waals surface area contributed by atoms with E-state index in [1.165, 1.54) is 10.8 Å². The van der Waals surface area contributed by atoms with E-state index in [-0.39, 0.29) is 0 Å². The fourth-order valence-electron chi connectivity index (χ4n) is 2.59. The van der Waals surface area contributed by atoms with Gasteiger partial charge in [-0.05, 0) is 29.1 Å². The number of halogens is 1. The maximum Gasteiger partial charge on any atom is 0.154 e. The summed E-state index contributed by atoms with van der Waals surface area (Å²) >= 11 is 5.87. The second-order valence-electron chi connectivity index (χ2n) is 5.06. The first-order valence-electron chi connectivity index (χ1n) is 6.97. The maximum atomic E-state index is 5.87. The zero-order chi connectivity index (χ0) is 14.9. The standard InChI is InChI=1S/C18H12ClN3/c19-14-9-7-12(8-10-14)11-20-22-18-15-5-1-3-13-4-2-6-16(21-18)17(13)15/h1-11H,(H,21,22)/b20-11+. The largest absolute Gasteiger partial charge is 0.261 e. The molecular formula is C18H12ClN3. The highest BCUT2D eigenvalue weighted by molar-refractivity contribution is 6.30. The maximum absolute atomic E-state index is 5.87. The summed E-state index contributed by atoms with van der Waals surface area (Å²) in [5, 5.41) is 7.36. The number of hydrogen-bond donors (Lipinski definition) is 1. The lowest BCUT2D eigenvalue weighted by Crippen LogP contribution is -2.17. The van der Waals surface area contributed by atoms with Gasteiger partial charge in [-0.15, -0.1) is 0 Å². The van der Waals surface area contributed by atoms with Gasteiger partial charge >= 0.3 is 0 Å². The fraction of sp³-hybridized carbons (Fsp3) is 0. The van der Waals surface area contributed by atoms with Crippen LogP contribution < -0.4 is 5.43 Å². The summed E-state index contributed by atoms with van der Waals surface area (Å²) in [6, 6.07) is 19.8. The Morgan fingerprint density at radius 1 is 0.955 bits per heavy atom. The first-order valence-corrected chi connectivity index (χ1v) is 7.34. The van der Waals surface area contributed by atoms with Gasteiger partial charge in [-0.1, -0.05) is 54.1 Å². The van der Waals surface area contributed by atoms with E-state index in [2.05, 4.69) is 33.7 Å². The molecule has 0 spiro atoms. The third-order valence-electron chi connectivity index (χ3n) is 3.62. The molecule has 0 amide bonds. The first kappa shape index (κ1) is 13.0. The number of aliphatic imine (C=N–C) groups is 1. The van der Waals surface area contributed by atoms with E-state index in [1.54, 1.807) is 6.21 Å². The Labute approximate surface area is 133 Å². The van der Waals surface area contributed by atoms with E-state index >= 15 is 0 Å². The molecule has 0 unspecified atom stereocenters. The van der Waals surface area contributed by atoms with Gasteiger partial charge in [0.05, 0.1) is 11.9 Å². The van der Waals surface area contributed by atoms with Crippen LogP contribution >= 0.6 is 11.6 Å². The molecule has 1 N–H and O–H groups in total. The quantitative estimate of drug-likeness (QED) is 0.549. The molecule has 4 heteroatoms. The molecule has 0 bridgehead atoms. The molecule has 0 saturated carbocycles. The van der Waals surface area contributed by atoms with E-state index in [1.807, 2.05) is 42.5 Å². The number of amidine groups is 1. The number of benzene rings is 3. The molecule has 0 radical (unpaired) electrons. The normalized spacial score (nSPS) is 12.9. The van der Waals surface area contributed by atoms with Crippen LogP contribution in [0.2, 0.25) is 5.02 Å². The second-order valence-corrected chi connectivity index (χ2v) is 5.50. The minimum Gasteiger partial charge on any atom is -0.261 e. The van der Waals surface area contributed by atoms with Crippen LogP contribution in [0.5, 0.6) is 0 Å². The van der Waals surface area contributed by atoms with E-state index in [4.69, 9.17) is 11.6 Å². The summed E-state index contributed by atoms with van der Waals surface area (Å²) in [7, 11) is 0. The van der Waals surface area contributed by atoms with Gasteiger partial charge in [-0.2, -0.15) is 5.10 Å². The van der Waals surface area contributed by atoms with Crippen LogP contribution in [0.25, 0.3) is 10.8 Å². The summed E-state index contributed by atoms with van der Waals surface area (Å²) in [5.41, 5.74) is 6.08. The SMILES string of the molecule is Clc1ccc(/C=N/NC2=Nc3cccc4cccc2c34)cc1. The van der Waals surface area contributed by atoms with Crippen molar-refractivity contribution in [2.45, 2.75) is 0 Å². The number of nitrogens with one attached hydrogen (secondary N) is 1. The highest BCUT2D eigenvalue weighted by Gasteiger charge is 2.17. The van der Waals surface area contributed by atoms with Crippen molar-refractivity contribution < 1.29 is 0 Å². The fourth-order valence-corrected chi connectivity index (χ4v) is 2.72. The van der Waals surface area contributed by atoms with Crippen molar-refractivity contribution in [2.24, 2.45) is 10.1 Å². The molecule has 4 rings (SSSR count). The average molecular weight is 306 g/mol. The van der Waals surface area contributed by atoms with Crippen molar-refractivity contribution in [3.8, 4) is 0 Å². The molecule has 0 aromatic heterocycles. The van der Waals surface area contributed by atoms with Crippen molar-refractivity contribution in [1.29, 1.82) is 0 Å². The Kier molecular flexibility index (Phi) is 3.13. The van der Waals surface area contributed by atoms with Crippen LogP contribution in [0.15, 0.2) is 70.8 Å². The van der Waals surface area contributed by atoms with Crippen LogP contribution in [0, 0.1) is 0 Å². The lowest BCUT2D eigenvalue weighted by atomic mass is 10.0. The third-order valence-corrected chi connectivity index (χ3v) is 3.88. The minimum atomic E-state index is 0.715.